The molecule has 1 aromatic carbocycles. The first-order valence-electron chi connectivity index (χ1n) is 6.36. The number of nitrogens with one attached hydrogen (secondary N) is 1. The number of aliphatic carboxylic acids is 1. The minimum Gasteiger partial charge on any atom is -0.481 e. The third-order valence-electron chi connectivity index (χ3n) is 3.27. The largest absolute Gasteiger partial charge is 0.481 e. The Hall–Kier alpha value is -2.09. The van der Waals surface area contributed by atoms with E-state index < -0.39 is 27.8 Å². The summed E-state index contributed by atoms with van der Waals surface area (Å²) in [5, 5.41) is 11.6. The molecule has 1 aliphatic rings. The predicted octanol–water partition coefficient (Wildman–Crippen LogP) is -0.130. The second-order valence-electron chi connectivity index (χ2n) is 4.84. The number of rotatable bonds is 4. The van der Waals surface area contributed by atoms with Gasteiger partial charge in [-0.25, -0.2) is 8.42 Å². The quantitative estimate of drug-likeness (QED) is 0.802. The Kier molecular flexibility index (Phi) is 4.17. The van der Waals surface area contributed by atoms with Crippen molar-refractivity contribution in [2.75, 3.05) is 24.2 Å². The lowest BCUT2D eigenvalue weighted by Crippen LogP contribution is -2.56. The third kappa shape index (κ3) is 3.33. The minimum absolute atomic E-state index is 0.0927. The van der Waals surface area contributed by atoms with Crippen LogP contribution in [0.4, 0.5) is 5.69 Å². The Morgan fingerprint density at radius 1 is 1.43 bits per heavy atom. The lowest BCUT2D eigenvalue weighted by Gasteiger charge is -2.36. The van der Waals surface area contributed by atoms with Crippen molar-refractivity contribution in [1.29, 1.82) is 0 Å². The summed E-state index contributed by atoms with van der Waals surface area (Å²) < 4.78 is 23.7. The van der Waals surface area contributed by atoms with Gasteiger partial charge in [-0.15, -0.1) is 0 Å². The smallest absolute Gasteiger partial charge is 0.305 e. The molecule has 1 saturated heterocycles. The number of carboxylic acid groups (broad SMARTS) is 1. The van der Waals surface area contributed by atoms with E-state index in [0.29, 0.717) is 18.8 Å². The summed E-state index contributed by atoms with van der Waals surface area (Å²) in [6.07, 6.45) is 0.700. The van der Waals surface area contributed by atoms with Gasteiger partial charge in [0.25, 0.3) is 0 Å². The predicted molar refractivity (Wildman–Crippen MR) is 75.9 cm³/mol. The van der Waals surface area contributed by atoms with Crippen LogP contribution in [0.1, 0.15) is 6.42 Å². The first kappa shape index (κ1) is 15.3. The number of para-hydroxylation sites is 1. The van der Waals surface area contributed by atoms with E-state index in [1.807, 2.05) is 0 Å². The van der Waals surface area contributed by atoms with E-state index in [-0.39, 0.29) is 11.3 Å². The molecule has 0 bridgehead atoms. The van der Waals surface area contributed by atoms with Crippen molar-refractivity contribution in [3.8, 4) is 0 Å². The van der Waals surface area contributed by atoms with Gasteiger partial charge in [0.05, 0.1) is 17.0 Å². The summed E-state index contributed by atoms with van der Waals surface area (Å²) in [7, 11) is -3.47. The van der Waals surface area contributed by atoms with Gasteiger partial charge in [0.1, 0.15) is 6.04 Å². The number of anilines is 1. The highest BCUT2D eigenvalue weighted by Crippen LogP contribution is 2.28. The molecule has 2 rings (SSSR count). The molecule has 1 fully saturated rings. The van der Waals surface area contributed by atoms with Gasteiger partial charge in [-0.05, 0) is 12.1 Å². The number of hydrogen-bond acceptors (Lipinski definition) is 5. The fraction of sp³-hybridized carbons (Fsp3) is 0.385. The van der Waals surface area contributed by atoms with Crippen molar-refractivity contribution in [2.24, 2.45) is 0 Å². The van der Waals surface area contributed by atoms with E-state index in [0.717, 1.165) is 6.26 Å². The molecule has 1 aliphatic heterocycles. The number of carbonyl (C=O) groups is 2. The van der Waals surface area contributed by atoms with Crippen LogP contribution < -0.4 is 10.2 Å². The number of carboxylic acids is 1. The van der Waals surface area contributed by atoms with Crippen molar-refractivity contribution in [3.63, 3.8) is 0 Å². The Morgan fingerprint density at radius 2 is 2.10 bits per heavy atom. The highest BCUT2D eigenvalue weighted by atomic mass is 32.2. The molecule has 1 heterocycles. The fourth-order valence-electron chi connectivity index (χ4n) is 2.38. The molecule has 114 valence electrons. The summed E-state index contributed by atoms with van der Waals surface area (Å²) in [5.74, 6) is -1.52. The van der Waals surface area contributed by atoms with Crippen molar-refractivity contribution in [3.05, 3.63) is 24.3 Å². The number of amides is 1. The highest BCUT2D eigenvalue weighted by Gasteiger charge is 2.33. The third-order valence-corrected chi connectivity index (χ3v) is 4.42. The summed E-state index contributed by atoms with van der Waals surface area (Å²) >= 11 is 0. The lowest BCUT2D eigenvalue weighted by atomic mass is 10.1. The summed E-state index contributed by atoms with van der Waals surface area (Å²) in [5.41, 5.74) is 0.362. The normalized spacial score (nSPS) is 19.2. The van der Waals surface area contributed by atoms with Gasteiger partial charge in [0.2, 0.25) is 5.91 Å². The van der Waals surface area contributed by atoms with E-state index in [9.17, 15) is 18.0 Å². The van der Waals surface area contributed by atoms with E-state index >= 15 is 0 Å². The van der Waals surface area contributed by atoms with Gasteiger partial charge < -0.3 is 15.3 Å². The molecule has 0 saturated carbocycles. The molecular formula is C13H16N2O5S. The molecule has 1 unspecified atom stereocenters. The maximum absolute atomic E-state index is 11.9. The number of nitrogens with zero attached hydrogens (tertiary/aromatic N) is 1. The second kappa shape index (κ2) is 5.72. The van der Waals surface area contributed by atoms with Crippen molar-refractivity contribution in [2.45, 2.75) is 17.4 Å². The van der Waals surface area contributed by atoms with Crippen LogP contribution in [0.2, 0.25) is 0 Å². The Balaban J connectivity index is 2.48. The molecule has 2 N–H and O–H groups in total. The molecular weight excluding hydrogens is 296 g/mol. The molecule has 1 atom stereocenters. The Bertz CT molecular complexity index is 671. The molecule has 21 heavy (non-hydrogen) atoms. The van der Waals surface area contributed by atoms with Crippen LogP contribution in [0.3, 0.4) is 0 Å². The second-order valence-corrected chi connectivity index (χ2v) is 6.82. The average molecular weight is 312 g/mol. The molecule has 7 nitrogen and oxygen atoms in total. The van der Waals surface area contributed by atoms with E-state index in [1.54, 1.807) is 23.1 Å². The maximum atomic E-state index is 11.9. The maximum Gasteiger partial charge on any atom is 0.305 e. The first-order valence-corrected chi connectivity index (χ1v) is 8.25. The molecule has 0 radical (unpaired) electrons. The number of carbonyl (C=O) groups excluding carboxylic acids is 1. The van der Waals surface area contributed by atoms with Gasteiger partial charge in [-0.2, -0.15) is 0 Å². The Morgan fingerprint density at radius 3 is 2.71 bits per heavy atom. The van der Waals surface area contributed by atoms with E-state index in [4.69, 9.17) is 5.11 Å². The van der Waals surface area contributed by atoms with E-state index in [2.05, 4.69) is 5.32 Å². The molecule has 1 aromatic rings. The molecule has 8 heteroatoms. The molecule has 0 spiro atoms. The van der Waals surface area contributed by atoms with Gasteiger partial charge in [0, 0.05) is 19.3 Å². The summed E-state index contributed by atoms with van der Waals surface area (Å²) in [6.45, 7) is 0.698. The number of piperazine rings is 1. The average Bonchev–Trinajstić information content (AvgIpc) is 2.40. The van der Waals surface area contributed by atoms with E-state index in [1.165, 1.54) is 6.07 Å². The number of benzene rings is 1. The zero-order chi connectivity index (χ0) is 15.6. The van der Waals surface area contributed by atoms with Crippen LogP contribution in [0.25, 0.3) is 0 Å². The standard InChI is InChI=1S/C13H16N2O5S/c1-21(19,20)11-5-3-2-4-9(11)15-7-6-14-13(18)10(15)8-12(16)17/h2-5,10H,6-8H2,1H3,(H,14,18)(H,16,17). The van der Waals surface area contributed by atoms with Crippen LogP contribution in [0.15, 0.2) is 29.2 Å². The fourth-order valence-corrected chi connectivity index (χ4v) is 3.27. The van der Waals surface area contributed by atoms with Gasteiger partial charge >= 0.3 is 5.97 Å². The van der Waals surface area contributed by atoms with Gasteiger partial charge in [-0.1, -0.05) is 12.1 Å². The number of sulfone groups is 1. The van der Waals surface area contributed by atoms with Crippen LogP contribution in [-0.2, 0) is 19.4 Å². The monoisotopic (exact) mass is 312 g/mol. The lowest BCUT2D eigenvalue weighted by molar-refractivity contribution is -0.139. The van der Waals surface area contributed by atoms with Crippen molar-refractivity contribution in [1.82, 2.24) is 5.32 Å². The summed E-state index contributed by atoms with van der Waals surface area (Å²) in [6, 6.07) is 5.38. The highest BCUT2D eigenvalue weighted by molar-refractivity contribution is 7.90. The molecule has 0 aliphatic carbocycles. The molecule has 0 aromatic heterocycles. The summed E-state index contributed by atoms with van der Waals surface area (Å²) in [4.78, 5) is 24.5. The van der Waals surface area contributed by atoms with Crippen LogP contribution in [-0.4, -0.2) is 50.8 Å². The van der Waals surface area contributed by atoms with Crippen LogP contribution >= 0.6 is 0 Å². The Labute approximate surface area is 122 Å². The SMILES string of the molecule is CS(=O)(=O)c1ccccc1N1CCNC(=O)C1CC(=O)O. The minimum atomic E-state index is -3.47. The van der Waals surface area contributed by atoms with Crippen molar-refractivity contribution >= 4 is 27.4 Å². The topological polar surface area (TPSA) is 104 Å². The van der Waals surface area contributed by atoms with Gasteiger partial charge in [0.15, 0.2) is 9.84 Å². The zero-order valence-electron chi connectivity index (χ0n) is 11.4. The van der Waals surface area contributed by atoms with Crippen molar-refractivity contribution < 1.29 is 23.1 Å². The first-order chi connectivity index (χ1) is 9.80. The zero-order valence-corrected chi connectivity index (χ0v) is 12.3. The molecule has 1 amide bonds. The van der Waals surface area contributed by atoms with Crippen LogP contribution in [0, 0.1) is 0 Å². The van der Waals surface area contributed by atoms with Crippen LogP contribution in [0.5, 0.6) is 0 Å². The number of hydrogen-bond donors (Lipinski definition) is 2. The van der Waals surface area contributed by atoms with Gasteiger partial charge in [-0.3, -0.25) is 9.59 Å².